The first kappa shape index (κ1) is 24.4. The number of carbonyl (C=O) groups is 2. The SMILES string of the molecule is O=C(Nc1ccc(-c2nc3cc(NC(=O)C45CC6CC(CC(C6)C4)C5)ncc3[nH]2)cc1)C12CC3CC(CC(C3)C1)C2. The van der Waals surface area contributed by atoms with Crippen molar-refractivity contribution in [2.45, 2.75) is 77.0 Å². The number of nitrogens with one attached hydrogen (secondary N) is 3. The number of pyridine rings is 1. The monoisotopic (exact) mass is 549 g/mol. The Morgan fingerprint density at radius 2 is 1.20 bits per heavy atom. The second kappa shape index (κ2) is 8.65. The van der Waals surface area contributed by atoms with Crippen molar-refractivity contribution in [1.82, 2.24) is 15.0 Å². The van der Waals surface area contributed by atoms with Crippen molar-refractivity contribution in [2.75, 3.05) is 10.6 Å². The lowest BCUT2D eigenvalue weighted by atomic mass is 9.49. The van der Waals surface area contributed by atoms with E-state index in [4.69, 9.17) is 4.98 Å². The molecule has 1 aromatic carbocycles. The molecule has 0 saturated heterocycles. The van der Waals surface area contributed by atoms with Gasteiger partial charge in [0.25, 0.3) is 0 Å². The molecule has 11 rings (SSSR count). The predicted octanol–water partition coefficient (Wildman–Crippen LogP) is 6.93. The fourth-order valence-corrected chi connectivity index (χ4v) is 11.1. The summed E-state index contributed by atoms with van der Waals surface area (Å²) in [6.45, 7) is 0. The summed E-state index contributed by atoms with van der Waals surface area (Å²) in [5, 5.41) is 6.43. The molecule has 0 radical (unpaired) electrons. The largest absolute Gasteiger partial charge is 0.337 e. The highest BCUT2D eigenvalue weighted by Crippen LogP contribution is 2.61. The number of aromatic amines is 1. The number of imidazole rings is 1. The highest BCUT2D eigenvalue weighted by molar-refractivity contribution is 5.97. The smallest absolute Gasteiger partial charge is 0.231 e. The van der Waals surface area contributed by atoms with Crippen molar-refractivity contribution < 1.29 is 9.59 Å². The number of H-pyrrole nitrogens is 1. The molecular formula is C34H39N5O2. The maximum atomic E-state index is 13.5. The molecule has 0 unspecified atom stereocenters. The molecule has 2 aromatic heterocycles. The van der Waals surface area contributed by atoms with E-state index < -0.39 is 0 Å². The maximum Gasteiger partial charge on any atom is 0.231 e. The molecule has 41 heavy (non-hydrogen) atoms. The highest BCUT2D eigenvalue weighted by Gasteiger charge is 2.55. The molecule has 7 nitrogen and oxygen atoms in total. The summed E-state index contributed by atoms with van der Waals surface area (Å²) in [6.07, 6.45) is 16.1. The standard InChI is InChI=1S/C34H39N5O2/c40-31(33-12-19-5-20(13-33)7-21(6-19)14-33)36-26-3-1-25(2-4-26)30-37-27-11-29(35-18-28(27)38-30)39-32(41)34-15-22-8-23(16-34)10-24(9-22)17-34/h1-4,11,18-24H,5-10,12-17H2,(H,36,40)(H,37,38)(H,35,39,41). The van der Waals surface area contributed by atoms with Crippen LogP contribution in [0.3, 0.4) is 0 Å². The molecule has 212 valence electrons. The van der Waals surface area contributed by atoms with Crippen LogP contribution in [0, 0.1) is 46.3 Å². The van der Waals surface area contributed by atoms with Gasteiger partial charge in [-0.2, -0.15) is 0 Å². The average Bonchev–Trinajstić information content (AvgIpc) is 3.35. The molecule has 0 aliphatic heterocycles. The van der Waals surface area contributed by atoms with Gasteiger partial charge in [0, 0.05) is 17.3 Å². The zero-order valence-corrected chi connectivity index (χ0v) is 23.6. The van der Waals surface area contributed by atoms with Crippen LogP contribution in [0.15, 0.2) is 36.5 Å². The molecule has 8 bridgehead atoms. The van der Waals surface area contributed by atoms with Crippen LogP contribution < -0.4 is 10.6 Å². The molecule has 2 amide bonds. The van der Waals surface area contributed by atoms with Crippen LogP contribution in [0.5, 0.6) is 0 Å². The third-order valence-corrected chi connectivity index (χ3v) is 12.1. The van der Waals surface area contributed by atoms with Crippen LogP contribution in [0.25, 0.3) is 22.4 Å². The van der Waals surface area contributed by atoms with Gasteiger partial charge in [-0.15, -0.1) is 0 Å². The number of carbonyl (C=O) groups excluding carboxylic acids is 2. The number of nitrogens with zero attached hydrogens (tertiary/aromatic N) is 2. The number of hydrogen-bond donors (Lipinski definition) is 3. The van der Waals surface area contributed by atoms with Gasteiger partial charge >= 0.3 is 0 Å². The van der Waals surface area contributed by atoms with E-state index in [1.807, 2.05) is 30.3 Å². The number of rotatable bonds is 5. The summed E-state index contributed by atoms with van der Waals surface area (Å²) in [4.78, 5) is 39.7. The Morgan fingerprint density at radius 3 is 1.71 bits per heavy atom. The number of fused-ring (bicyclic) bond motifs is 1. The van der Waals surface area contributed by atoms with E-state index in [1.54, 1.807) is 6.20 Å². The van der Waals surface area contributed by atoms with Gasteiger partial charge in [-0.1, -0.05) is 0 Å². The zero-order valence-electron chi connectivity index (χ0n) is 23.6. The van der Waals surface area contributed by atoms with Crippen molar-refractivity contribution in [3.63, 3.8) is 0 Å². The lowest BCUT2D eigenvalue weighted by molar-refractivity contribution is -0.141. The Bertz CT molecular complexity index is 1480. The Hall–Kier alpha value is -3.22. The van der Waals surface area contributed by atoms with Crippen molar-refractivity contribution in [1.29, 1.82) is 0 Å². The van der Waals surface area contributed by atoms with Crippen LogP contribution in [-0.2, 0) is 9.59 Å². The first-order valence-corrected chi connectivity index (χ1v) is 16.0. The van der Waals surface area contributed by atoms with E-state index in [0.29, 0.717) is 5.82 Å². The second-order valence-electron chi connectivity index (χ2n) is 15.1. The summed E-state index contributed by atoms with van der Waals surface area (Å²) in [6, 6.07) is 9.87. The molecule has 3 N–H and O–H groups in total. The Morgan fingerprint density at radius 1 is 0.707 bits per heavy atom. The van der Waals surface area contributed by atoms with Crippen molar-refractivity contribution >= 4 is 34.4 Å². The van der Waals surface area contributed by atoms with Gasteiger partial charge in [0.15, 0.2) is 0 Å². The summed E-state index contributed by atoms with van der Waals surface area (Å²) < 4.78 is 0. The lowest BCUT2D eigenvalue weighted by Gasteiger charge is -2.55. The van der Waals surface area contributed by atoms with Crippen LogP contribution in [-0.4, -0.2) is 26.8 Å². The van der Waals surface area contributed by atoms with E-state index in [9.17, 15) is 9.59 Å². The van der Waals surface area contributed by atoms with E-state index in [0.717, 1.165) is 102 Å². The van der Waals surface area contributed by atoms with Crippen LogP contribution in [0.1, 0.15) is 77.0 Å². The van der Waals surface area contributed by atoms with Crippen molar-refractivity contribution in [2.24, 2.45) is 46.3 Å². The minimum absolute atomic E-state index is 0.151. The fourth-order valence-electron chi connectivity index (χ4n) is 11.1. The topological polar surface area (TPSA) is 99.8 Å². The quantitative estimate of drug-likeness (QED) is 0.321. The van der Waals surface area contributed by atoms with Crippen LogP contribution in [0.2, 0.25) is 0 Å². The Balaban J connectivity index is 0.896. The third kappa shape index (κ3) is 3.98. The number of amides is 2. The normalized spacial score (nSPS) is 38.0. The first-order valence-electron chi connectivity index (χ1n) is 16.0. The summed E-state index contributed by atoms with van der Waals surface area (Å²) >= 11 is 0. The highest BCUT2D eigenvalue weighted by atomic mass is 16.2. The minimum Gasteiger partial charge on any atom is -0.337 e. The molecule has 7 heteroatoms. The second-order valence-corrected chi connectivity index (χ2v) is 15.1. The molecule has 3 aromatic rings. The predicted molar refractivity (Wildman–Crippen MR) is 158 cm³/mol. The van der Waals surface area contributed by atoms with Gasteiger partial charge in [-0.3, -0.25) is 9.59 Å². The van der Waals surface area contributed by atoms with Gasteiger partial charge in [0.2, 0.25) is 11.8 Å². The van der Waals surface area contributed by atoms with E-state index in [-0.39, 0.29) is 22.6 Å². The number of anilines is 2. The van der Waals surface area contributed by atoms with Gasteiger partial charge in [0.05, 0.1) is 28.1 Å². The minimum atomic E-state index is -0.199. The summed E-state index contributed by atoms with van der Waals surface area (Å²) in [7, 11) is 0. The van der Waals surface area contributed by atoms with E-state index in [2.05, 4.69) is 20.6 Å². The molecule has 0 atom stereocenters. The Labute approximate surface area is 240 Å². The van der Waals surface area contributed by atoms with Crippen LogP contribution in [0.4, 0.5) is 11.5 Å². The van der Waals surface area contributed by atoms with Crippen molar-refractivity contribution in [3.05, 3.63) is 36.5 Å². The summed E-state index contributed by atoms with van der Waals surface area (Å²) in [5.74, 6) is 6.17. The molecule has 8 aliphatic rings. The van der Waals surface area contributed by atoms with Gasteiger partial charge in [0.1, 0.15) is 11.6 Å². The van der Waals surface area contributed by atoms with E-state index >= 15 is 0 Å². The number of benzene rings is 1. The molecule has 0 spiro atoms. The zero-order chi connectivity index (χ0) is 27.3. The molecule has 8 saturated carbocycles. The molecule has 8 fully saturated rings. The van der Waals surface area contributed by atoms with Gasteiger partial charge in [-0.25, -0.2) is 9.97 Å². The molecule has 8 aliphatic carbocycles. The summed E-state index contributed by atoms with van der Waals surface area (Å²) in [5.41, 5.74) is 3.08. The number of aromatic nitrogens is 3. The van der Waals surface area contributed by atoms with Crippen molar-refractivity contribution in [3.8, 4) is 11.4 Å². The van der Waals surface area contributed by atoms with Gasteiger partial charge in [-0.05, 0) is 137 Å². The fraction of sp³-hybridized carbons (Fsp3) is 0.588. The molecular weight excluding hydrogens is 510 g/mol. The lowest BCUT2D eigenvalue weighted by Crippen LogP contribution is -2.51. The molecule has 2 heterocycles. The third-order valence-electron chi connectivity index (χ3n) is 12.1. The van der Waals surface area contributed by atoms with E-state index in [1.165, 1.54) is 38.5 Å². The maximum absolute atomic E-state index is 13.5. The van der Waals surface area contributed by atoms with Crippen LogP contribution >= 0.6 is 0 Å². The first-order chi connectivity index (χ1) is 19.9. The number of hydrogen-bond acceptors (Lipinski definition) is 4. The average molecular weight is 550 g/mol. The van der Waals surface area contributed by atoms with Gasteiger partial charge < -0.3 is 15.6 Å². The Kier molecular flexibility index (Phi) is 5.14.